The highest BCUT2D eigenvalue weighted by molar-refractivity contribution is 8.00. The molecule has 1 aliphatic rings. The maximum absolute atomic E-state index is 12.2. The van der Waals surface area contributed by atoms with Crippen LogP contribution in [0.4, 0.5) is 0 Å². The average Bonchev–Trinajstić information content (AvgIpc) is 2.91. The molecular formula is C17H18N2O2S. The van der Waals surface area contributed by atoms with E-state index in [1.165, 1.54) is 0 Å². The second-order valence-electron chi connectivity index (χ2n) is 5.04. The molecule has 114 valence electrons. The first-order valence-corrected chi connectivity index (χ1v) is 8.35. The van der Waals surface area contributed by atoms with Gasteiger partial charge in [-0.2, -0.15) is 0 Å². The number of carbonyl (C=O) groups is 1. The number of hydrogen-bond donors (Lipinski definition) is 0. The molecule has 2 aromatic rings. The largest absolute Gasteiger partial charge is 0.494 e. The lowest BCUT2D eigenvalue weighted by Gasteiger charge is -2.24. The van der Waals surface area contributed by atoms with Crippen molar-refractivity contribution in [1.82, 2.24) is 9.88 Å². The fourth-order valence-corrected chi connectivity index (χ4v) is 3.67. The van der Waals surface area contributed by atoms with Crippen LogP contribution in [0.5, 0.6) is 5.75 Å². The maximum atomic E-state index is 12.2. The molecule has 1 fully saturated rings. The number of nitrogens with zero attached hydrogens (tertiary/aromatic N) is 2. The van der Waals surface area contributed by atoms with Crippen LogP contribution in [0.3, 0.4) is 0 Å². The lowest BCUT2D eigenvalue weighted by molar-refractivity contribution is -0.128. The van der Waals surface area contributed by atoms with Gasteiger partial charge in [0.1, 0.15) is 11.1 Å². The molecule has 1 aromatic carbocycles. The SMILES string of the molecule is CCOc1ccc(C2SCC(=O)N2Cc2ccncc2)cc1. The van der Waals surface area contributed by atoms with E-state index in [0.717, 1.165) is 16.9 Å². The third-order valence-electron chi connectivity index (χ3n) is 3.55. The van der Waals surface area contributed by atoms with Crippen molar-refractivity contribution in [3.63, 3.8) is 0 Å². The van der Waals surface area contributed by atoms with Gasteiger partial charge in [-0.05, 0) is 42.3 Å². The fourth-order valence-electron chi connectivity index (χ4n) is 2.48. The number of pyridine rings is 1. The molecule has 1 atom stereocenters. The summed E-state index contributed by atoms with van der Waals surface area (Å²) in [5.74, 6) is 1.57. The number of rotatable bonds is 5. The van der Waals surface area contributed by atoms with Crippen LogP contribution >= 0.6 is 11.8 Å². The molecule has 1 unspecified atom stereocenters. The summed E-state index contributed by atoms with van der Waals surface area (Å²) in [6.45, 7) is 3.24. The van der Waals surface area contributed by atoms with Gasteiger partial charge in [0.05, 0.1) is 12.4 Å². The van der Waals surface area contributed by atoms with E-state index >= 15 is 0 Å². The zero-order valence-electron chi connectivity index (χ0n) is 12.4. The minimum atomic E-state index is 0.0661. The highest BCUT2D eigenvalue weighted by atomic mass is 32.2. The van der Waals surface area contributed by atoms with E-state index in [1.54, 1.807) is 24.2 Å². The monoisotopic (exact) mass is 314 g/mol. The van der Waals surface area contributed by atoms with Gasteiger partial charge in [0.2, 0.25) is 5.91 Å². The Hall–Kier alpha value is -2.01. The zero-order valence-corrected chi connectivity index (χ0v) is 13.3. The molecule has 22 heavy (non-hydrogen) atoms. The van der Waals surface area contributed by atoms with Crippen molar-refractivity contribution in [3.8, 4) is 5.75 Å². The maximum Gasteiger partial charge on any atom is 0.234 e. The Kier molecular flexibility index (Phi) is 4.63. The summed E-state index contributed by atoms with van der Waals surface area (Å²) in [4.78, 5) is 18.1. The van der Waals surface area contributed by atoms with E-state index in [0.29, 0.717) is 18.9 Å². The van der Waals surface area contributed by atoms with Gasteiger partial charge in [0, 0.05) is 18.9 Å². The lowest BCUT2D eigenvalue weighted by Crippen LogP contribution is -2.27. The Morgan fingerprint density at radius 3 is 2.64 bits per heavy atom. The molecule has 5 heteroatoms. The topological polar surface area (TPSA) is 42.4 Å². The van der Waals surface area contributed by atoms with Crippen LogP contribution in [0.15, 0.2) is 48.8 Å². The summed E-state index contributed by atoms with van der Waals surface area (Å²) in [5.41, 5.74) is 2.23. The van der Waals surface area contributed by atoms with Gasteiger partial charge in [-0.1, -0.05) is 12.1 Å². The molecule has 0 N–H and O–H groups in total. The standard InChI is InChI=1S/C17H18N2O2S/c1-2-21-15-5-3-14(4-6-15)17-19(16(20)12-22-17)11-13-7-9-18-10-8-13/h3-10,17H,2,11-12H2,1H3. The number of aromatic nitrogens is 1. The Balaban J connectivity index is 1.78. The fraction of sp³-hybridized carbons (Fsp3) is 0.294. The molecule has 4 nitrogen and oxygen atoms in total. The quantitative estimate of drug-likeness (QED) is 0.849. The minimum absolute atomic E-state index is 0.0661. The molecular weight excluding hydrogens is 296 g/mol. The van der Waals surface area contributed by atoms with E-state index in [2.05, 4.69) is 4.98 Å². The Morgan fingerprint density at radius 1 is 1.23 bits per heavy atom. The second kappa shape index (κ2) is 6.83. The Morgan fingerprint density at radius 2 is 1.95 bits per heavy atom. The molecule has 1 aromatic heterocycles. The van der Waals surface area contributed by atoms with Gasteiger partial charge in [-0.15, -0.1) is 11.8 Å². The summed E-state index contributed by atoms with van der Waals surface area (Å²) in [6.07, 6.45) is 3.52. The molecule has 1 aliphatic heterocycles. The van der Waals surface area contributed by atoms with E-state index in [9.17, 15) is 4.79 Å². The lowest BCUT2D eigenvalue weighted by atomic mass is 10.1. The van der Waals surface area contributed by atoms with Crippen LogP contribution in [0, 0.1) is 0 Å². The summed E-state index contributed by atoms with van der Waals surface area (Å²) in [6, 6.07) is 11.9. The third kappa shape index (κ3) is 3.25. The number of amides is 1. The molecule has 0 aliphatic carbocycles. The van der Waals surface area contributed by atoms with Gasteiger partial charge in [0.25, 0.3) is 0 Å². The van der Waals surface area contributed by atoms with E-state index in [-0.39, 0.29) is 11.3 Å². The van der Waals surface area contributed by atoms with Crippen LogP contribution in [-0.4, -0.2) is 28.2 Å². The van der Waals surface area contributed by atoms with E-state index in [1.807, 2.05) is 48.2 Å². The van der Waals surface area contributed by atoms with Crippen LogP contribution < -0.4 is 4.74 Å². The van der Waals surface area contributed by atoms with E-state index < -0.39 is 0 Å². The normalized spacial score (nSPS) is 17.8. The molecule has 0 spiro atoms. The van der Waals surface area contributed by atoms with Crippen molar-refractivity contribution >= 4 is 17.7 Å². The Labute approximate surface area is 134 Å². The molecule has 0 radical (unpaired) electrons. The molecule has 0 bridgehead atoms. The summed E-state index contributed by atoms with van der Waals surface area (Å²) >= 11 is 1.67. The van der Waals surface area contributed by atoms with Gasteiger partial charge in [-0.25, -0.2) is 0 Å². The smallest absolute Gasteiger partial charge is 0.234 e. The molecule has 1 amide bonds. The average molecular weight is 314 g/mol. The van der Waals surface area contributed by atoms with Gasteiger partial charge in [0.15, 0.2) is 0 Å². The van der Waals surface area contributed by atoms with Gasteiger partial charge < -0.3 is 9.64 Å². The first-order chi connectivity index (χ1) is 10.8. The predicted octanol–water partition coefficient (Wildman–Crippen LogP) is 3.25. The summed E-state index contributed by atoms with van der Waals surface area (Å²) in [7, 11) is 0. The second-order valence-corrected chi connectivity index (χ2v) is 6.11. The molecule has 0 saturated carbocycles. The molecule has 3 rings (SSSR count). The van der Waals surface area contributed by atoms with Crippen molar-refractivity contribution in [2.24, 2.45) is 0 Å². The van der Waals surface area contributed by atoms with Gasteiger partial charge in [-0.3, -0.25) is 9.78 Å². The highest BCUT2D eigenvalue weighted by Gasteiger charge is 2.32. The van der Waals surface area contributed by atoms with Crippen molar-refractivity contribution in [2.45, 2.75) is 18.8 Å². The predicted molar refractivity (Wildman–Crippen MR) is 87.6 cm³/mol. The zero-order chi connectivity index (χ0) is 15.4. The molecule has 1 saturated heterocycles. The summed E-state index contributed by atoms with van der Waals surface area (Å²) in [5, 5.41) is 0.0661. The summed E-state index contributed by atoms with van der Waals surface area (Å²) < 4.78 is 5.47. The third-order valence-corrected chi connectivity index (χ3v) is 4.80. The number of benzene rings is 1. The van der Waals surface area contributed by atoms with Gasteiger partial charge >= 0.3 is 0 Å². The first kappa shape index (κ1) is 14.9. The van der Waals surface area contributed by atoms with Crippen LogP contribution in [0.2, 0.25) is 0 Å². The van der Waals surface area contributed by atoms with Crippen molar-refractivity contribution in [3.05, 3.63) is 59.9 Å². The number of thioether (sulfide) groups is 1. The highest BCUT2D eigenvalue weighted by Crippen LogP contribution is 2.39. The number of carbonyl (C=O) groups excluding carboxylic acids is 1. The minimum Gasteiger partial charge on any atom is -0.494 e. The van der Waals surface area contributed by atoms with E-state index in [4.69, 9.17) is 4.74 Å². The van der Waals surface area contributed by atoms with Crippen molar-refractivity contribution in [2.75, 3.05) is 12.4 Å². The van der Waals surface area contributed by atoms with Crippen LogP contribution in [-0.2, 0) is 11.3 Å². The van der Waals surface area contributed by atoms with Crippen molar-refractivity contribution < 1.29 is 9.53 Å². The number of ether oxygens (including phenoxy) is 1. The van der Waals surface area contributed by atoms with Crippen LogP contribution in [0.25, 0.3) is 0 Å². The van der Waals surface area contributed by atoms with Crippen LogP contribution in [0.1, 0.15) is 23.4 Å². The molecule has 2 heterocycles. The number of hydrogen-bond acceptors (Lipinski definition) is 4. The Bertz CT molecular complexity index is 631. The van der Waals surface area contributed by atoms with Crippen molar-refractivity contribution in [1.29, 1.82) is 0 Å². The first-order valence-electron chi connectivity index (χ1n) is 7.30.